The number of nitrogens with two attached hydrogens (primary N) is 1. The fourth-order valence-corrected chi connectivity index (χ4v) is 3.58. The molecule has 0 atom stereocenters. The summed E-state index contributed by atoms with van der Waals surface area (Å²) >= 11 is 0. The van der Waals surface area contributed by atoms with Crippen LogP contribution in [0, 0.1) is 11.3 Å². The van der Waals surface area contributed by atoms with Crippen LogP contribution in [0.25, 0.3) is 0 Å². The van der Waals surface area contributed by atoms with Gasteiger partial charge >= 0.3 is 0 Å². The van der Waals surface area contributed by atoms with Gasteiger partial charge in [-0.25, -0.2) is 0 Å². The molecule has 3 fully saturated rings. The molecule has 3 N–H and O–H groups in total. The molecule has 2 saturated carbocycles. The highest BCUT2D eigenvalue weighted by Crippen LogP contribution is 2.42. The molecule has 3 aliphatic rings. The van der Waals surface area contributed by atoms with Crippen LogP contribution in [-0.4, -0.2) is 42.4 Å². The number of piperidine rings is 1. The van der Waals surface area contributed by atoms with E-state index in [9.17, 15) is 9.59 Å². The normalized spacial score (nSPS) is 25.3. The molecule has 0 bridgehead atoms. The molecule has 1 aliphatic heterocycles. The van der Waals surface area contributed by atoms with E-state index in [-0.39, 0.29) is 17.4 Å². The molecular formula is C16H27N3O2. The summed E-state index contributed by atoms with van der Waals surface area (Å²) in [6.45, 7) is 2.21. The molecule has 0 aromatic rings. The van der Waals surface area contributed by atoms with Gasteiger partial charge < -0.3 is 16.0 Å². The van der Waals surface area contributed by atoms with E-state index >= 15 is 0 Å². The molecule has 21 heavy (non-hydrogen) atoms. The maximum atomic E-state index is 12.2. The van der Waals surface area contributed by atoms with Gasteiger partial charge in [-0.3, -0.25) is 9.59 Å². The average molecular weight is 293 g/mol. The van der Waals surface area contributed by atoms with E-state index in [1.165, 1.54) is 6.42 Å². The van der Waals surface area contributed by atoms with Crippen LogP contribution in [0.3, 0.4) is 0 Å². The topological polar surface area (TPSA) is 75.4 Å². The minimum atomic E-state index is 0.0761. The van der Waals surface area contributed by atoms with Gasteiger partial charge in [0.2, 0.25) is 11.8 Å². The van der Waals surface area contributed by atoms with Crippen molar-refractivity contribution in [3.8, 4) is 0 Å². The summed E-state index contributed by atoms with van der Waals surface area (Å²) in [6.07, 6.45) is 7.86. The van der Waals surface area contributed by atoms with Gasteiger partial charge in [0, 0.05) is 31.5 Å². The molecule has 1 heterocycles. The Hall–Kier alpha value is -1.10. The summed E-state index contributed by atoms with van der Waals surface area (Å²) in [6, 6.07) is 0.232. The third-order valence-corrected chi connectivity index (χ3v) is 5.48. The van der Waals surface area contributed by atoms with Crippen LogP contribution in [0.1, 0.15) is 51.4 Å². The van der Waals surface area contributed by atoms with Gasteiger partial charge in [0.25, 0.3) is 0 Å². The van der Waals surface area contributed by atoms with Crippen molar-refractivity contribution in [3.05, 3.63) is 0 Å². The summed E-state index contributed by atoms with van der Waals surface area (Å²) in [5.74, 6) is 0.780. The van der Waals surface area contributed by atoms with Gasteiger partial charge in [-0.15, -0.1) is 0 Å². The molecule has 2 amide bonds. The number of nitrogens with one attached hydrogen (secondary N) is 1. The molecule has 1 saturated heterocycles. The van der Waals surface area contributed by atoms with E-state index in [1.807, 2.05) is 4.90 Å². The zero-order chi connectivity index (χ0) is 14.9. The Morgan fingerprint density at radius 2 is 1.81 bits per heavy atom. The number of amides is 2. The highest BCUT2D eigenvalue weighted by atomic mass is 16.2. The fraction of sp³-hybridized carbons (Fsp3) is 0.875. The largest absolute Gasteiger partial charge is 0.353 e. The van der Waals surface area contributed by atoms with Crippen LogP contribution in [0.5, 0.6) is 0 Å². The van der Waals surface area contributed by atoms with Gasteiger partial charge in [0.15, 0.2) is 0 Å². The molecule has 5 heteroatoms. The molecule has 118 valence electrons. The van der Waals surface area contributed by atoms with Crippen LogP contribution in [0.2, 0.25) is 0 Å². The van der Waals surface area contributed by atoms with Crippen LogP contribution < -0.4 is 11.1 Å². The van der Waals surface area contributed by atoms with E-state index in [0.717, 1.165) is 51.6 Å². The van der Waals surface area contributed by atoms with E-state index in [2.05, 4.69) is 5.32 Å². The molecule has 0 aromatic heterocycles. The SMILES string of the molecule is NCC1(CC(=O)NC2CCN(C(=O)C3CC3)CC2)CCC1. The summed E-state index contributed by atoms with van der Waals surface area (Å²) in [5, 5.41) is 3.15. The third-order valence-electron chi connectivity index (χ3n) is 5.48. The summed E-state index contributed by atoms with van der Waals surface area (Å²) in [5.41, 5.74) is 5.89. The van der Waals surface area contributed by atoms with Crippen molar-refractivity contribution >= 4 is 11.8 Å². The third kappa shape index (κ3) is 3.39. The molecule has 0 aromatic carbocycles. The minimum absolute atomic E-state index is 0.0761. The molecule has 0 unspecified atom stereocenters. The minimum Gasteiger partial charge on any atom is -0.353 e. The van der Waals surface area contributed by atoms with E-state index in [1.54, 1.807) is 0 Å². The maximum absolute atomic E-state index is 12.2. The summed E-state index contributed by atoms with van der Waals surface area (Å²) in [4.78, 5) is 26.1. The van der Waals surface area contributed by atoms with Crippen LogP contribution >= 0.6 is 0 Å². The molecule has 5 nitrogen and oxygen atoms in total. The zero-order valence-corrected chi connectivity index (χ0v) is 12.8. The van der Waals surface area contributed by atoms with Crippen molar-refractivity contribution < 1.29 is 9.59 Å². The van der Waals surface area contributed by atoms with Crippen LogP contribution in [0.15, 0.2) is 0 Å². The lowest BCUT2D eigenvalue weighted by Crippen LogP contribution is -2.49. The zero-order valence-electron chi connectivity index (χ0n) is 12.8. The van der Waals surface area contributed by atoms with E-state index in [4.69, 9.17) is 5.73 Å². The van der Waals surface area contributed by atoms with Gasteiger partial charge in [0.1, 0.15) is 0 Å². The number of likely N-dealkylation sites (tertiary alicyclic amines) is 1. The lowest BCUT2D eigenvalue weighted by atomic mass is 9.66. The van der Waals surface area contributed by atoms with E-state index < -0.39 is 0 Å². The standard InChI is InChI=1S/C16H27N3O2/c17-11-16(6-1-7-16)10-14(20)18-13-4-8-19(9-5-13)15(21)12-2-3-12/h12-13H,1-11,17H2,(H,18,20). The Bertz CT molecular complexity index is 402. The van der Waals surface area contributed by atoms with Crippen molar-refractivity contribution in [2.24, 2.45) is 17.1 Å². The number of rotatable bonds is 5. The number of carbonyl (C=O) groups is 2. The van der Waals surface area contributed by atoms with Crippen molar-refractivity contribution in [3.63, 3.8) is 0 Å². The smallest absolute Gasteiger partial charge is 0.225 e. The van der Waals surface area contributed by atoms with Gasteiger partial charge in [-0.1, -0.05) is 6.42 Å². The number of nitrogens with zero attached hydrogens (tertiary/aromatic N) is 1. The Kier molecular flexibility index (Phi) is 4.20. The van der Waals surface area contributed by atoms with Crippen molar-refractivity contribution in [2.45, 2.75) is 57.4 Å². The number of hydrogen-bond acceptors (Lipinski definition) is 3. The van der Waals surface area contributed by atoms with Crippen molar-refractivity contribution in [2.75, 3.05) is 19.6 Å². The summed E-state index contributed by atoms with van der Waals surface area (Å²) in [7, 11) is 0. The van der Waals surface area contributed by atoms with Crippen LogP contribution in [-0.2, 0) is 9.59 Å². The predicted octanol–water partition coefficient (Wildman–Crippen LogP) is 1.02. The van der Waals surface area contributed by atoms with Crippen molar-refractivity contribution in [1.29, 1.82) is 0 Å². The monoisotopic (exact) mass is 293 g/mol. The molecule has 0 radical (unpaired) electrons. The summed E-state index contributed by atoms with van der Waals surface area (Å²) < 4.78 is 0. The highest BCUT2D eigenvalue weighted by molar-refractivity contribution is 5.81. The maximum Gasteiger partial charge on any atom is 0.225 e. The van der Waals surface area contributed by atoms with Gasteiger partial charge in [0.05, 0.1) is 0 Å². The van der Waals surface area contributed by atoms with Crippen molar-refractivity contribution in [1.82, 2.24) is 10.2 Å². The Morgan fingerprint density at radius 3 is 2.29 bits per heavy atom. The second kappa shape index (κ2) is 5.95. The van der Waals surface area contributed by atoms with Gasteiger partial charge in [-0.05, 0) is 50.5 Å². The number of hydrogen-bond donors (Lipinski definition) is 2. The van der Waals surface area contributed by atoms with Crippen LogP contribution in [0.4, 0.5) is 0 Å². The Morgan fingerprint density at radius 1 is 1.14 bits per heavy atom. The lowest BCUT2D eigenvalue weighted by molar-refractivity contribution is -0.133. The molecule has 2 aliphatic carbocycles. The quantitative estimate of drug-likeness (QED) is 0.795. The Labute approximate surface area is 126 Å². The predicted molar refractivity (Wildman–Crippen MR) is 80.4 cm³/mol. The molecular weight excluding hydrogens is 266 g/mol. The lowest BCUT2D eigenvalue weighted by Gasteiger charge is -2.41. The first kappa shape index (κ1) is 14.8. The fourth-order valence-electron chi connectivity index (χ4n) is 3.58. The highest BCUT2D eigenvalue weighted by Gasteiger charge is 2.38. The molecule has 0 spiro atoms. The first-order valence-electron chi connectivity index (χ1n) is 8.40. The van der Waals surface area contributed by atoms with Gasteiger partial charge in [-0.2, -0.15) is 0 Å². The van der Waals surface area contributed by atoms with E-state index in [0.29, 0.717) is 24.8 Å². The average Bonchev–Trinajstić information content (AvgIpc) is 3.27. The number of carbonyl (C=O) groups excluding carboxylic acids is 2. The second-order valence-corrected chi connectivity index (χ2v) is 7.18. The first-order valence-corrected chi connectivity index (χ1v) is 8.40. The first-order chi connectivity index (χ1) is 10.1. The second-order valence-electron chi connectivity index (χ2n) is 7.18. The molecule has 3 rings (SSSR count). The Balaban J connectivity index is 1.40.